The Morgan fingerprint density at radius 2 is 1.60 bits per heavy atom. The second-order valence-corrected chi connectivity index (χ2v) is 6.58. The van der Waals surface area contributed by atoms with E-state index in [-0.39, 0.29) is 11.6 Å². The van der Waals surface area contributed by atoms with E-state index in [2.05, 4.69) is 5.10 Å². The van der Waals surface area contributed by atoms with Crippen LogP contribution in [0, 0.1) is 19.7 Å². The quantitative estimate of drug-likeness (QED) is 0.422. The van der Waals surface area contributed by atoms with E-state index >= 15 is 0 Å². The standard InChI is InChI=1S/C23H23FN2O4/c1-14-19(15(2)26(25-14)18-8-6-17(24)7-9-18)10-11-20(27)16-12-21(28-3)23(30-5)22(13-16)29-4/h6-13H,1-5H3/b11-10+. The maximum Gasteiger partial charge on any atom is 0.203 e. The van der Waals surface area contributed by atoms with Crippen LogP contribution in [-0.2, 0) is 0 Å². The van der Waals surface area contributed by atoms with Gasteiger partial charge in [-0.3, -0.25) is 4.79 Å². The number of hydrogen-bond acceptors (Lipinski definition) is 5. The van der Waals surface area contributed by atoms with Crippen LogP contribution in [0.5, 0.6) is 17.2 Å². The van der Waals surface area contributed by atoms with Crippen LogP contribution in [-0.4, -0.2) is 36.9 Å². The minimum atomic E-state index is -0.309. The number of carbonyl (C=O) groups is 1. The van der Waals surface area contributed by atoms with E-state index in [1.807, 2.05) is 13.8 Å². The summed E-state index contributed by atoms with van der Waals surface area (Å²) in [6.07, 6.45) is 3.20. The largest absolute Gasteiger partial charge is 0.493 e. The molecule has 0 aliphatic carbocycles. The second-order valence-electron chi connectivity index (χ2n) is 6.58. The van der Waals surface area contributed by atoms with Gasteiger partial charge in [-0.25, -0.2) is 9.07 Å². The molecule has 0 unspecified atom stereocenters. The van der Waals surface area contributed by atoms with Crippen LogP contribution in [0.25, 0.3) is 11.8 Å². The highest BCUT2D eigenvalue weighted by Gasteiger charge is 2.16. The van der Waals surface area contributed by atoms with Gasteiger partial charge in [-0.15, -0.1) is 0 Å². The van der Waals surface area contributed by atoms with Gasteiger partial charge in [0.25, 0.3) is 0 Å². The highest BCUT2D eigenvalue weighted by atomic mass is 19.1. The summed E-state index contributed by atoms with van der Waals surface area (Å²) in [6.45, 7) is 3.75. The zero-order valence-corrected chi connectivity index (χ0v) is 17.5. The Hall–Kier alpha value is -3.61. The van der Waals surface area contributed by atoms with Gasteiger partial charge in [-0.1, -0.05) is 0 Å². The zero-order valence-electron chi connectivity index (χ0n) is 17.5. The molecule has 1 aromatic heterocycles. The summed E-state index contributed by atoms with van der Waals surface area (Å²) >= 11 is 0. The zero-order chi connectivity index (χ0) is 21.8. The van der Waals surface area contributed by atoms with Crippen molar-refractivity contribution in [3.05, 3.63) is 70.8 Å². The normalized spacial score (nSPS) is 11.0. The van der Waals surface area contributed by atoms with Crippen molar-refractivity contribution in [1.82, 2.24) is 9.78 Å². The highest BCUT2D eigenvalue weighted by Crippen LogP contribution is 2.38. The topological polar surface area (TPSA) is 62.6 Å². The molecule has 6 nitrogen and oxygen atoms in total. The number of allylic oxidation sites excluding steroid dienone is 1. The maximum atomic E-state index is 13.2. The number of aromatic nitrogens is 2. The number of nitrogens with zero attached hydrogens (tertiary/aromatic N) is 2. The molecular formula is C23H23FN2O4. The predicted molar refractivity (Wildman–Crippen MR) is 112 cm³/mol. The van der Waals surface area contributed by atoms with Crippen molar-refractivity contribution in [3.63, 3.8) is 0 Å². The fourth-order valence-electron chi connectivity index (χ4n) is 3.21. The van der Waals surface area contributed by atoms with Gasteiger partial charge in [0.1, 0.15) is 5.82 Å². The van der Waals surface area contributed by atoms with E-state index in [4.69, 9.17) is 14.2 Å². The smallest absolute Gasteiger partial charge is 0.203 e. The third-order valence-corrected chi connectivity index (χ3v) is 4.77. The Bertz CT molecular complexity index is 1080. The monoisotopic (exact) mass is 410 g/mol. The van der Waals surface area contributed by atoms with Crippen molar-refractivity contribution < 1.29 is 23.4 Å². The van der Waals surface area contributed by atoms with Crippen LogP contribution >= 0.6 is 0 Å². The number of benzene rings is 2. The maximum absolute atomic E-state index is 13.2. The third-order valence-electron chi connectivity index (χ3n) is 4.77. The molecule has 1 heterocycles. The van der Waals surface area contributed by atoms with Crippen molar-refractivity contribution in [3.8, 4) is 22.9 Å². The molecule has 0 radical (unpaired) electrons. The Morgan fingerprint density at radius 3 is 2.13 bits per heavy atom. The summed E-state index contributed by atoms with van der Waals surface area (Å²) in [7, 11) is 4.50. The lowest BCUT2D eigenvalue weighted by atomic mass is 10.1. The SMILES string of the molecule is COc1cc(C(=O)/C=C/c2c(C)nn(-c3ccc(F)cc3)c2C)cc(OC)c1OC. The molecule has 30 heavy (non-hydrogen) atoms. The molecular weight excluding hydrogens is 387 g/mol. The average molecular weight is 410 g/mol. The van der Waals surface area contributed by atoms with E-state index < -0.39 is 0 Å². The molecule has 0 aliphatic rings. The number of aryl methyl sites for hydroxylation is 1. The van der Waals surface area contributed by atoms with Crippen LogP contribution in [0.4, 0.5) is 4.39 Å². The highest BCUT2D eigenvalue weighted by molar-refractivity contribution is 6.07. The van der Waals surface area contributed by atoms with Crippen LogP contribution in [0.2, 0.25) is 0 Å². The van der Waals surface area contributed by atoms with Crippen LogP contribution < -0.4 is 14.2 Å². The van der Waals surface area contributed by atoms with E-state index in [0.717, 1.165) is 22.6 Å². The lowest BCUT2D eigenvalue weighted by Crippen LogP contribution is -2.00. The summed E-state index contributed by atoms with van der Waals surface area (Å²) in [5.74, 6) is 0.710. The van der Waals surface area contributed by atoms with Gasteiger partial charge in [-0.2, -0.15) is 5.10 Å². The molecule has 0 N–H and O–H groups in total. The fourth-order valence-corrected chi connectivity index (χ4v) is 3.21. The molecule has 0 saturated heterocycles. The van der Waals surface area contributed by atoms with Gasteiger partial charge in [0.15, 0.2) is 17.3 Å². The van der Waals surface area contributed by atoms with E-state index in [1.165, 1.54) is 39.5 Å². The third kappa shape index (κ3) is 4.05. The Balaban J connectivity index is 1.93. The minimum Gasteiger partial charge on any atom is -0.493 e. The van der Waals surface area contributed by atoms with E-state index in [0.29, 0.717) is 22.8 Å². The summed E-state index contributed by atoms with van der Waals surface area (Å²) in [6, 6.07) is 9.29. The number of methoxy groups -OCH3 is 3. The lowest BCUT2D eigenvalue weighted by Gasteiger charge is -2.13. The fraction of sp³-hybridized carbons (Fsp3) is 0.217. The van der Waals surface area contributed by atoms with Crippen molar-refractivity contribution in [2.75, 3.05) is 21.3 Å². The van der Waals surface area contributed by atoms with Gasteiger partial charge in [0.2, 0.25) is 5.75 Å². The van der Waals surface area contributed by atoms with Crippen LogP contribution in [0.3, 0.4) is 0 Å². The van der Waals surface area contributed by atoms with Gasteiger partial charge < -0.3 is 14.2 Å². The van der Waals surface area contributed by atoms with Gasteiger partial charge in [0.05, 0.1) is 32.7 Å². The number of ketones is 1. The van der Waals surface area contributed by atoms with Crippen molar-refractivity contribution in [2.24, 2.45) is 0 Å². The molecule has 0 bridgehead atoms. The number of halogens is 1. The van der Waals surface area contributed by atoms with Gasteiger partial charge in [-0.05, 0) is 62.4 Å². The Labute approximate surface area is 174 Å². The predicted octanol–water partition coefficient (Wildman–Crippen LogP) is 4.55. The summed E-state index contributed by atoms with van der Waals surface area (Å²) in [5.41, 5.74) is 3.56. The molecule has 0 amide bonds. The number of carbonyl (C=O) groups excluding carboxylic acids is 1. The Morgan fingerprint density at radius 1 is 1.00 bits per heavy atom. The molecule has 0 saturated carbocycles. The molecule has 0 spiro atoms. The number of hydrogen-bond donors (Lipinski definition) is 0. The molecule has 7 heteroatoms. The number of rotatable bonds is 7. The molecule has 3 rings (SSSR count). The summed E-state index contributed by atoms with van der Waals surface area (Å²) in [4.78, 5) is 12.8. The first kappa shape index (κ1) is 21.1. The molecule has 2 aromatic carbocycles. The molecule has 3 aromatic rings. The molecule has 0 fully saturated rings. The molecule has 0 atom stereocenters. The first-order valence-corrected chi connectivity index (χ1v) is 9.24. The van der Waals surface area contributed by atoms with Crippen LogP contribution in [0.1, 0.15) is 27.3 Å². The molecule has 156 valence electrons. The van der Waals surface area contributed by atoms with Gasteiger partial charge in [0, 0.05) is 16.8 Å². The van der Waals surface area contributed by atoms with Gasteiger partial charge >= 0.3 is 0 Å². The second kappa shape index (κ2) is 8.82. The van der Waals surface area contributed by atoms with Crippen LogP contribution in [0.15, 0.2) is 42.5 Å². The summed E-state index contributed by atoms with van der Waals surface area (Å²) < 4.78 is 30.8. The van der Waals surface area contributed by atoms with Crippen molar-refractivity contribution >= 4 is 11.9 Å². The van der Waals surface area contributed by atoms with Crippen molar-refractivity contribution in [1.29, 1.82) is 0 Å². The van der Waals surface area contributed by atoms with E-state index in [9.17, 15) is 9.18 Å². The summed E-state index contributed by atoms with van der Waals surface area (Å²) in [5, 5.41) is 4.51. The Kier molecular flexibility index (Phi) is 6.20. The van der Waals surface area contributed by atoms with E-state index in [1.54, 1.807) is 35.0 Å². The first-order valence-electron chi connectivity index (χ1n) is 9.24. The average Bonchev–Trinajstić information content (AvgIpc) is 3.04. The first-order chi connectivity index (χ1) is 14.4. The minimum absolute atomic E-state index is 0.220. The molecule has 0 aliphatic heterocycles. The lowest BCUT2D eigenvalue weighted by molar-refractivity contribution is 0.104. The number of ether oxygens (including phenoxy) is 3. The van der Waals surface area contributed by atoms with Crippen molar-refractivity contribution in [2.45, 2.75) is 13.8 Å².